The zero-order chi connectivity index (χ0) is 17.5. The van der Waals surface area contributed by atoms with Gasteiger partial charge < -0.3 is 9.47 Å². The van der Waals surface area contributed by atoms with E-state index in [-0.39, 0.29) is 33.0 Å². The van der Waals surface area contributed by atoms with Crippen LogP contribution in [-0.2, 0) is 4.74 Å². The average Bonchev–Trinajstić information content (AvgIpc) is 2.52. The van der Waals surface area contributed by atoms with Gasteiger partial charge in [0.2, 0.25) is 0 Å². The van der Waals surface area contributed by atoms with Crippen molar-refractivity contribution in [2.75, 3.05) is 19.8 Å². The molecule has 0 aromatic heterocycles. The Morgan fingerprint density at radius 1 is 1.00 bits per heavy atom. The van der Waals surface area contributed by atoms with E-state index < -0.39 is 0 Å². The van der Waals surface area contributed by atoms with Gasteiger partial charge in [0, 0.05) is 12.2 Å². The predicted octanol–water partition coefficient (Wildman–Crippen LogP) is 3.52. The SMILES string of the molecule is CCOCCOc1ccc(PC(=O)c2c(C)cc(C)cc2C)cc1.[LiH]. The minimum atomic E-state index is 0. The molecule has 1 unspecified atom stereocenters. The van der Waals surface area contributed by atoms with Crippen LogP contribution in [0, 0.1) is 20.8 Å². The van der Waals surface area contributed by atoms with E-state index >= 15 is 0 Å². The molecular formula is C20H26LiO3P. The molecule has 130 valence electrons. The van der Waals surface area contributed by atoms with Gasteiger partial charge >= 0.3 is 18.9 Å². The molecule has 0 spiro atoms. The fourth-order valence-corrected chi connectivity index (χ4v) is 3.84. The molecule has 0 aliphatic carbocycles. The van der Waals surface area contributed by atoms with E-state index in [1.807, 2.05) is 45.0 Å². The fraction of sp³-hybridized carbons (Fsp3) is 0.350. The first kappa shape index (κ1) is 21.9. The van der Waals surface area contributed by atoms with Crippen LogP contribution in [-0.4, -0.2) is 44.2 Å². The van der Waals surface area contributed by atoms with Gasteiger partial charge in [-0.2, -0.15) is 0 Å². The van der Waals surface area contributed by atoms with E-state index in [2.05, 4.69) is 19.1 Å². The minimum absolute atomic E-state index is 0. The summed E-state index contributed by atoms with van der Waals surface area (Å²) in [5, 5.41) is 1.02. The Morgan fingerprint density at radius 3 is 2.16 bits per heavy atom. The van der Waals surface area contributed by atoms with Crippen LogP contribution >= 0.6 is 8.58 Å². The van der Waals surface area contributed by atoms with Crippen LogP contribution in [0.25, 0.3) is 0 Å². The molecule has 0 radical (unpaired) electrons. The van der Waals surface area contributed by atoms with Crippen LogP contribution in [0.4, 0.5) is 0 Å². The summed E-state index contributed by atoms with van der Waals surface area (Å²) in [5.74, 6) is 0.804. The first-order valence-corrected chi connectivity index (χ1v) is 9.21. The number of rotatable bonds is 8. The molecule has 0 amide bonds. The van der Waals surface area contributed by atoms with Crippen LogP contribution in [0.5, 0.6) is 5.75 Å². The van der Waals surface area contributed by atoms with Gasteiger partial charge in [-0.15, -0.1) is 0 Å². The summed E-state index contributed by atoms with van der Waals surface area (Å²) < 4.78 is 10.8. The second kappa shape index (κ2) is 10.8. The first-order chi connectivity index (χ1) is 11.5. The molecule has 3 nitrogen and oxygen atoms in total. The molecule has 5 heteroatoms. The molecule has 2 aromatic rings. The third-order valence-corrected chi connectivity index (χ3v) is 4.82. The summed E-state index contributed by atoms with van der Waals surface area (Å²) in [6, 6.07) is 11.9. The molecule has 25 heavy (non-hydrogen) atoms. The summed E-state index contributed by atoms with van der Waals surface area (Å²) >= 11 is 0. The van der Waals surface area contributed by atoms with Crippen LogP contribution in [0.3, 0.4) is 0 Å². The topological polar surface area (TPSA) is 35.5 Å². The molecule has 2 aromatic carbocycles. The van der Waals surface area contributed by atoms with Crippen molar-refractivity contribution in [3.8, 4) is 5.75 Å². The zero-order valence-corrected chi connectivity index (χ0v) is 15.8. The molecule has 0 fully saturated rings. The number of aryl methyl sites for hydroxylation is 3. The number of carbonyl (C=O) groups is 1. The van der Waals surface area contributed by atoms with Gasteiger partial charge in [-0.1, -0.05) is 29.8 Å². The van der Waals surface area contributed by atoms with Crippen molar-refractivity contribution >= 4 is 38.3 Å². The Labute approximate surface area is 164 Å². The summed E-state index contributed by atoms with van der Waals surface area (Å²) in [4.78, 5) is 12.7. The number of benzene rings is 2. The van der Waals surface area contributed by atoms with Crippen molar-refractivity contribution < 1.29 is 14.3 Å². The molecule has 0 saturated heterocycles. The molecule has 0 saturated carbocycles. The van der Waals surface area contributed by atoms with Gasteiger partial charge in [0.05, 0.1) is 6.61 Å². The Balaban J connectivity index is 0.00000312. The second-order valence-electron chi connectivity index (χ2n) is 5.80. The van der Waals surface area contributed by atoms with E-state index in [1.165, 1.54) is 5.56 Å². The van der Waals surface area contributed by atoms with Crippen molar-refractivity contribution in [2.45, 2.75) is 27.7 Å². The van der Waals surface area contributed by atoms with Crippen molar-refractivity contribution in [1.82, 2.24) is 0 Å². The van der Waals surface area contributed by atoms with Gasteiger partial charge in [-0.25, -0.2) is 0 Å². The maximum atomic E-state index is 12.7. The summed E-state index contributed by atoms with van der Waals surface area (Å²) in [7, 11) is 0.125. The molecule has 0 heterocycles. The summed E-state index contributed by atoms with van der Waals surface area (Å²) in [6.45, 7) is 9.86. The Kier molecular flexibility index (Phi) is 9.47. The van der Waals surface area contributed by atoms with Crippen LogP contribution in [0.15, 0.2) is 36.4 Å². The molecule has 2 rings (SSSR count). The van der Waals surface area contributed by atoms with Gasteiger partial charge in [0.15, 0.2) is 5.52 Å². The van der Waals surface area contributed by atoms with E-state index in [9.17, 15) is 4.79 Å². The second-order valence-corrected chi connectivity index (χ2v) is 7.08. The molecule has 0 aliphatic heterocycles. The van der Waals surface area contributed by atoms with Gasteiger partial charge in [-0.05, 0) is 64.8 Å². The van der Waals surface area contributed by atoms with Gasteiger partial charge in [0.25, 0.3) is 0 Å². The monoisotopic (exact) mass is 352 g/mol. The zero-order valence-electron chi connectivity index (χ0n) is 14.8. The molecular weight excluding hydrogens is 326 g/mol. The van der Waals surface area contributed by atoms with E-state index in [0.29, 0.717) is 19.8 Å². The Bertz CT molecular complexity index is 676. The van der Waals surface area contributed by atoms with Crippen LogP contribution < -0.4 is 10.0 Å². The van der Waals surface area contributed by atoms with Crippen molar-refractivity contribution in [2.24, 2.45) is 0 Å². The van der Waals surface area contributed by atoms with Crippen molar-refractivity contribution in [3.05, 3.63) is 58.7 Å². The van der Waals surface area contributed by atoms with E-state index in [4.69, 9.17) is 9.47 Å². The van der Waals surface area contributed by atoms with Crippen molar-refractivity contribution in [1.29, 1.82) is 0 Å². The normalized spacial score (nSPS) is 10.7. The van der Waals surface area contributed by atoms with Gasteiger partial charge in [0.1, 0.15) is 12.4 Å². The standard InChI is InChI=1S/C20H25O3P.Li.H/c1-5-22-10-11-23-17-6-8-18(9-7-17)24-20(21)19-15(3)12-14(2)13-16(19)4;;/h6-9,12-13,24H,5,10-11H2,1-4H3;;. The number of carbonyl (C=O) groups excluding carboxylic acids is 1. The fourth-order valence-electron chi connectivity index (χ4n) is 2.73. The van der Waals surface area contributed by atoms with E-state index in [1.54, 1.807) is 0 Å². The van der Waals surface area contributed by atoms with Crippen LogP contribution in [0.1, 0.15) is 34.0 Å². The first-order valence-electron chi connectivity index (χ1n) is 8.21. The van der Waals surface area contributed by atoms with Gasteiger partial charge in [-0.3, -0.25) is 4.79 Å². The summed E-state index contributed by atoms with van der Waals surface area (Å²) in [5.41, 5.74) is 4.35. The number of ether oxygens (including phenoxy) is 2. The Morgan fingerprint density at radius 2 is 1.60 bits per heavy atom. The Hall–Kier alpha value is -1.10. The van der Waals surface area contributed by atoms with E-state index in [0.717, 1.165) is 27.7 Å². The third kappa shape index (κ3) is 6.61. The average molecular weight is 352 g/mol. The third-order valence-electron chi connectivity index (χ3n) is 3.72. The number of hydrogen-bond donors (Lipinski definition) is 0. The molecule has 1 atom stereocenters. The maximum absolute atomic E-state index is 12.7. The summed E-state index contributed by atoms with van der Waals surface area (Å²) in [6.07, 6.45) is 0. The van der Waals surface area contributed by atoms with Crippen LogP contribution in [0.2, 0.25) is 0 Å². The van der Waals surface area contributed by atoms with Crippen molar-refractivity contribution in [3.63, 3.8) is 0 Å². The molecule has 0 aliphatic rings. The quantitative estimate of drug-likeness (QED) is 0.414. The number of hydrogen-bond acceptors (Lipinski definition) is 3. The predicted molar refractivity (Wildman–Crippen MR) is 109 cm³/mol. The molecule has 0 N–H and O–H groups in total. The molecule has 0 bridgehead atoms.